The van der Waals surface area contributed by atoms with Crippen LogP contribution in [-0.4, -0.2) is 258 Å². The highest BCUT2D eigenvalue weighted by Gasteiger charge is 2.43. The second-order valence-electron chi connectivity index (χ2n) is 32.8. The number of β-amino-alcohol motifs (C(OH)–C–C–N with tert-alkyl or cyclic N) is 4. The third kappa shape index (κ3) is 21.2. The topological polar surface area (TPSA) is 420 Å². The predicted octanol–water partition coefficient (Wildman–Crippen LogP) is 5.13. The number of anilines is 9. The van der Waals surface area contributed by atoms with E-state index in [1.54, 1.807) is 66.0 Å². The van der Waals surface area contributed by atoms with Crippen LogP contribution in [0.2, 0.25) is 0 Å². The first-order valence-corrected chi connectivity index (χ1v) is 37.4. The summed E-state index contributed by atoms with van der Waals surface area (Å²) in [5, 5.41) is 67.6. The van der Waals surface area contributed by atoms with Crippen molar-refractivity contribution >= 4 is 76.3 Å². The second kappa shape index (κ2) is 34.7. The number of aliphatic hydroxyl groups is 4. The Labute approximate surface area is 634 Å². The number of hydrogen-bond acceptors (Lipinski definition) is 31. The van der Waals surface area contributed by atoms with Crippen molar-refractivity contribution in [2.45, 2.75) is 198 Å². The van der Waals surface area contributed by atoms with Gasteiger partial charge in [-0.2, -0.15) is 9.97 Å². The van der Waals surface area contributed by atoms with Gasteiger partial charge in [-0.15, -0.1) is 0 Å². The molecule has 7 saturated heterocycles. The first kappa shape index (κ1) is 80.6. The number of piperazine rings is 1. The standard InChI is InChI=1S/C21H31N7O3.C20H28N6O4.C17H27N3O4.C16H21N5O3/c1-21(2,3)16-12-17(25-31-16)23-19(30)15-11-14(29)13-28(15)18-5-6-22-20(24-18)27-9-7-26(4)8-10-27;1-20(2,3)15-11-16(24-30-15)22-18(28)14-10-13(27)12-26(14)17-4-5-21-19(23-17)25-6-8-29-9-7-25;1-17(2,3)14-9-15(24-19-14)18-16(22)13-8-12(21)10-20(13)11-4-6-23-7-5-11;1-16(2,3)12-7-13(20-24-12)19-15(23)11-6-10(22)8-21(11)14-4-5-17-9-18-14/h5-6,12,14-15,29H,7-11,13H2,1-4H3,(H,23,25,30);4-5,11,13-14,27H,6-10,12H2,1-3H3,(H,22,24,28);9,11-13,21H,4-8,10H2,1-3H3,(H,18,22);4-5,7,9-11,22H,6,8H2,1-3H3,(H,19,20,23)/t14-,15+;13-,14+;12-,13+;10-,11+/m1111/s1. The number of hydrogen-bond donors (Lipinski definition) is 8. The molecule has 4 amide bonds. The third-order valence-electron chi connectivity index (χ3n) is 19.8. The molecule has 0 unspecified atom stereocenters. The van der Waals surface area contributed by atoms with Gasteiger partial charge in [0.05, 0.1) is 49.4 Å². The van der Waals surface area contributed by atoms with E-state index >= 15 is 0 Å². The van der Waals surface area contributed by atoms with Crippen molar-refractivity contribution in [2.75, 3.05) is 145 Å². The Balaban J connectivity index is 0.000000145. The lowest BCUT2D eigenvalue weighted by Gasteiger charge is -2.34. The number of rotatable bonds is 14. The number of likely N-dealkylation sites (tertiary alicyclic amines) is 1. The molecule has 7 aliphatic heterocycles. The molecule has 0 saturated carbocycles. The molecule has 8 N–H and O–H groups in total. The monoisotopic (exact) mass is 1510 g/mol. The average molecular weight is 1510 g/mol. The molecule has 0 aliphatic carbocycles. The molecule has 14 heterocycles. The maximum Gasteiger partial charge on any atom is 0.248 e. The highest BCUT2D eigenvalue weighted by atomic mass is 16.5. The number of carbonyl (C=O) groups excluding carboxylic acids is 4. The Kier molecular flexibility index (Phi) is 25.7. The molecule has 35 nitrogen and oxygen atoms in total. The van der Waals surface area contributed by atoms with Crippen molar-refractivity contribution in [2.24, 2.45) is 0 Å². The fraction of sp³-hybridized carbons (Fsp3) is 0.622. The minimum atomic E-state index is -0.620. The van der Waals surface area contributed by atoms with Crippen LogP contribution < -0.4 is 45.8 Å². The Hall–Kier alpha value is -9.36. The molecular weight excluding hydrogens is 1410 g/mol. The fourth-order valence-electron chi connectivity index (χ4n) is 13.6. The molecule has 7 fully saturated rings. The molecule has 109 heavy (non-hydrogen) atoms. The van der Waals surface area contributed by atoms with Crippen LogP contribution in [0.5, 0.6) is 0 Å². The lowest BCUT2D eigenvalue weighted by Crippen LogP contribution is -2.47. The molecular formula is C74H107N21O14. The summed E-state index contributed by atoms with van der Waals surface area (Å²) < 4.78 is 32.0. The molecule has 14 rings (SSSR count). The Morgan fingerprint density at radius 2 is 0.844 bits per heavy atom. The SMILES string of the molecule is CC(C)(C)c1cc(NC(=O)[C@@H]2C[C@@H](O)CN2C2CCOCC2)on1.CC(C)(C)c1cc(NC(=O)[C@@H]2C[C@@H](O)CN2c2ccnc(N3CCOCC3)n2)no1.CC(C)(C)c1cc(NC(=O)[C@@H]2C[C@@H](O)CN2c2ccncn2)no1.CN1CCN(c2nccc(N3C[C@H](O)C[C@H]3C(=O)Nc3cc(C(C)(C)C)on3)n2)CC1. The molecule has 0 bridgehead atoms. The summed E-state index contributed by atoms with van der Waals surface area (Å²) in [6.07, 6.45) is 7.34. The van der Waals surface area contributed by atoms with Gasteiger partial charge in [0, 0.05) is 168 Å². The minimum absolute atomic E-state index is 0.135. The van der Waals surface area contributed by atoms with Crippen LogP contribution in [0.15, 0.2) is 85.5 Å². The Morgan fingerprint density at radius 3 is 1.26 bits per heavy atom. The van der Waals surface area contributed by atoms with Gasteiger partial charge in [0.15, 0.2) is 17.5 Å². The molecule has 8 atom stereocenters. The van der Waals surface area contributed by atoms with Gasteiger partial charge < -0.3 is 93.3 Å². The van der Waals surface area contributed by atoms with E-state index in [1.807, 2.05) is 92.9 Å². The van der Waals surface area contributed by atoms with E-state index in [-0.39, 0.29) is 57.4 Å². The number of ether oxygens (including phenoxy) is 2. The number of aromatic nitrogens is 10. The van der Waals surface area contributed by atoms with E-state index in [1.165, 1.54) is 6.33 Å². The summed E-state index contributed by atoms with van der Waals surface area (Å²) in [5.74, 6) is 5.74. The smallest absolute Gasteiger partial charge is 0.248 e. The normalized spacial score (nSPS) is 23.1. The lowest BCUT2D eigenvalue weighted by molar-refractivity contribution is -0.122. The van der Waals surface area contributed by atoms with Crippen LogP contribution >= 0.6 is 0 Å². The number of amides is 4. The quantitative estimate of drug-likeness (QED) is 0.0699. The van der Waals surface area contributed by atoms with E-state index in [2.05, 4.69) is 93.5 Å². The maximum atomic E-state index is 13.0. The number of aliphatic hydroxyl groups excluding tert-OH is 4. The van der Waals surface area contributed by atoms with Crippen molar-refractivity contribution in [3.05, 3.63) is 90.4 Å². The molecule has 0 spiro atoms. The summed E-state index contributed by atoms with van der Waals surface area (Å²) in [4.78, 5) is 91.5. The van der Waals surface area contributed by atoms with Crippen molar-refractivity contribution in [3.8, 4) is 0 Å². The van der Waals surface area contributed by atoms with E-state index in [4.69, 9.17) is 32.6 Å². The van der Waals surface area contributed by atoms with Crippen LogP contribution in [0.1, 0.15) is 145 Å². The van der Waals surface area contributed by atoms with Gasteiger partial charge >= 0.3 is 0 Å². The van der Waals surface area contributed by atoms with Crippen LogP contribution in [0.25, 0.3) is 0 Å². The van der Waals surface area contributed by atoms with E-state index in [0.717, 1.165) is 57.8 Å². The van der Waals surface area contributed by atoms with Crippen molar-refractivity contribution in [3.63, 3.8) is 0 Å². The number of carbonyl (C=O) groups is 4. The van der Waals surface area contributed by atoms with E-state index < -0.39 is 42.5 Å². The number of nitrogens with one attached hydrogen (secondary N) is 4. The lowest BCUT2D eigenvalue weighted by atomic mass is 9.92. The van der Waals surface area contributed by atoms with Gasteiger partial charge in [-0.1, -0.05) is 104 Å². The zero-order valence-corrected chi connectivity index (χ0v) is 64.7. The molecule has 0 aromatic carbocycles. The number of nitrogens with zero attached hydrogens (tertiary/aromatic N) is 17. The maximum absolute atomic E-state index is 13.0. The predicted molar refractivity (Wildman–Crippen MR) is 404 cm³/mol. The third-order valence-corrected chi connectivity index (χ3v) is 19.8. The fourth-order valence-corrected chi connectivity index (χ4v) is 13.6. The minimum Gasteiger partial charge on any atom is -0.392 e. The van der Waals surface area contributed by atoms with Gasteiger partial charge in [0.2, 0.25) is 41.4 Å². The summed E-state index contributed by atoms with van der Waals surface area (Å²) in [7, 11) is 2.10. The zero-order valence-electron chi connectivity index (χ0n) is 64.7. The van der Waals surface area contributed by atoms with Gasteiger partial charge in [0.1, 0.15) is 59.2 Å². The van der Waals surface area contributed by atoms with Crippen LogP contribution in [0, 0.1) is 0 Å². The highest BCUT2D eigenvalue weighted by molar-refractivity contribution is 5.98. The van der Waals surface area contributed by atoms with E-state index in [9.17, 15) is 39.6 Å². The van der Waals surface area contributed by atoms with Crippen LogP contribution in [-0.2, 0) is 50.3 Å². The largest absolute Gasteiger partial charge is 0.392 e. The summed E-state index contributed by atoms with van der Waals surface area (Å²) in [5.41, 5.74) is 0.0659. The van der Waals surface area contributed by atoms with Gasteiger partial charge in [-0.25, -0.2) is 19.9 Å². The van der Waals surface area contributed by atoms with Gasteiger partial charge in [0.25, 0.3) is 0 Å². The van der Waals surface area contributed by atoms with Crippen molar-refractivity contribution < 1.29 is 67.2 Å². The Morgan fingerprint density at radius 1 is 0.440 bits per heavy atom. The van der Waals surface area contributed by atoms with Gasteiger partial charge in [-0.3, -0.25) is 29.4 Å². The average Bonchev–Trinajstić information content (AvgIpc) is 1.68. The summed E-state index contributed by atoms with van der Waals surface area (Å²) in [6, 6.07) is 10.5. The Bertz CT molecular complexity index is 4130. The molecule has 35 heteroatoms. The highest BCUT2D eigenvalue weighted by Crippen LogP contribution is 2.34. The van der Waals surface area contributed by atoms with E-state index in [0.29, 0.717) is 148 Å². The summed E-state index contributed by atoms with van der Waals surface area (Å²) in [6.45, 7) is 33.5. The number of morpholine rings is 1. The van der Waals surface area contributed by atoms with Crippen LogP contribution in [0.3, 0.4) is 0 Å². The molecule has 0 radical (unpaired) electrons. The first-order valence-electron chi connectivity index (χ1n) is 37.4. The zero-order chi connectivity index (χ0) is 78.1. The van der Waals surface area contributed by atoms with Gasteiger partial charge in [-0.05, 0) is 44.5 Å². The van der Waals surface area contributed by atoms with Crippen molar-refractivity contribution in [1.29, 1.82) is 0 Å². The van der Waals surface area contributed by atoms with Crippen molar-refractivity contribution in [1.82, 2.24) is 60.3 Å². The molecule has 7 aliphatic rings. The molecule has 7 aromatic rings. The van der Waals surface area contributed by atoms with Crippen LogP contribution in [0.4, 0.5) is 52.7 Å². The number of likely N-dealkylation sites (N-methyl/N-ethyl adjacent to an activating group) is 1. The second-order valence-corrected chi connectivity index (χ2v) is 32.8. The summed E-state index contributed by atoms with van der Waals surface area (Å²) >= 11 is 0. The molecule has 592 valence electrons. The molecule has 7 aromatic heterocycles. The first-order chi connectivity index (χ1) is 51.7.